The molecule has 1 atom stereocenters. The highest BCUT2D eigenvalue weighted by Gasteiger charge is 2.20. The van der Waals surface area contributed by atoms with Crippen LogP contribution in [0.4, 0.5) is 15.9 Å². The van der Waals surface area contributed by atoms with Crippen LogP contribution in [0.15, 0.2) is 41.8 Å². The summed E-state index contributed by atoms with van der Waals surface area (Å²) in [4.78, 5) is 10.7. The van der Waals surface area contributed by atoms with Gasteiger partial charge in [0.25, 0.3) is 0 Å². The van der Waals surface area contributed by atoms with E-state index in [1.165, 1.54) is 17.7 Å². The number of nitrogens with zero attached hydrogens (tertiary/aromatic N) is 2. The maximum atomic E-state index is 13.5. The number of thiophene rings is 1. The van der Waals surface area contributed by atoms with E-state index < -0.39 is 0 Å². The molecule has 0 spiro atoms. The molecule has 26 heavy (non-hydrogen) atoms. The van der Waals surface area contributed by atoms with Crippen LogP contribution in [-0.4, -0.2) is 23.1 Å². The molecule has 1 aromatic carbocycles. The SMILES string of the molecule is Cc1csc(-c2cc(Nc3cccc(F)c3)nc(C3CCCNC3)n2)c1. The van der Waals surface area contributed by atoms with E-state index >= 15 is 0 Å². The number of benzene rings is 1. The van der Waals surface area contributed by atoms with Gasteiger partial charge in [-0.3, -0.25) is 0 Å². The third-order valence-electron chi connectivity index (χ3n) is 4.49. The first-order valence-electron chi connectivity index (χ1n) is 8.85. The summed E-state index contributed by atoms with van der Waals surface area (Å²) < 4.78 is 13.5. The zero-order chi connectivity index (χ0) is 17.9. The van der Waals surface area contributed by atoms with Gasteiger partial charge in [0.2, 0.25) is 0 Å². The standard InChI is InChI=1S/C20H21FN4S/c1-13-8-18(26-12-13)17-10-19(23-16-6-2-5-15(21)9-16)25-20(24-17)14-4-3-7-22-11-14/h2,5-6,8-10,12,14,22H,3-4,7,11H2,1H3,(H,23,24,25). The van der Waals surface area contributed by atoms with Crippen LogP contribution in [0.25, 0.3) is 10.6 Å². The minimum Gasteiger partial charge on any atom is -0.340 e. The lowest BCUT2D eigenvalue weighted by Crippen LogP contribution is -2.29. The van der Waals surface area contributed by atoms with Gasteiger partial charge in [-0.2, -0.15) is 0 Å². The second kappa shape index (κ2) is 7.51. The molecule has 2 N–H and O–H groups in total. The van der Waals surface area contributed by atoms with E-state index in [-0.39, 0.29) is 5.82 Å². The predicted molar refractivity (Wildman–Crippen MR) is 105 cm³/mol. The molecule has 1 aliphatic rings. The summed E-state index contributed by atoms with van der Waals surface area (Å²) in [7, 11) is 0. The van der Waals surface area contributed by atoms with Gasteiger partial charge in [0.15, 0.2) is 0 Å². The van der Waals surface area contributed by atoms with Crippen molar-refractivity contribution in [3.63, 3.8) is 0 Å². The normalized spacial score (nSPS) is 17.2. The van der Waals surface area contributed by atoms with E-state index in [2.05, 4.69) is 29.0 Å². The number of hydrogen-bond donors (Lipinski definition) is 2. The number of halogens is 1. The summed E-state index contributed by atoms with van der Waals surface area (Å²) in [5.41, 5.74) is 2.83. The number of nitrogens with one attached hydrogen (secondary N) is 2. The Morgan fingerprint density at radius 3 is 2.88 bits per heavy atom. The van der Waals surface area contributed by atoms with Crippen molar-refractivity contribution in [2.24, 2.45) is 0 Å². The number of anilines is 2. The summed E-state index contributed by atoms with van der Waals surface area (Å²) >= 11 is 1.68. The Morgan fingerprint density at radius 2 is 2.15 bits per heavy atom. The molecule has 4 rings (SSSR count). The monoisotopic (exact) mass is 368 g/mol. The lowest BCUT2D eigenvalue weighted by Gasteiger charge is -2.22. The van der Waals surface area contributed by atoms with Crippen molar-refractivity contribution in [2.45, 2.75) is 25.7 Å². The molecule has 1 aliphatic heterocycles. The molecule has 2 aromatic heterocycles. The number of hydrogen-bond acceptors (Lipinski definition) is 5. The predicted octanol–water partition coefficient (Wildman–Crippen LogP) is 4.86. The van der Waals surface area contributed by atoms with Crippen LogP contribution in [-0.2, 0) is 0 Å². The minimum absolute atomic E-state index is 0.269. The van der Waals surface area contributed by atoms with Crippen molar-refractivity contribution >= 4 is 22.8 Å². The van der Waals surface area contributed by atoms with Gasteiger partial charge in [-0.25, -0.2) is 14.4 Å². The van der Waals surface area contributed by atoms with Crippen LogP contribution in [0.2, 0.25) is 0 Å². The molecule has 0 amide bonds. The zero-order valence-electron chi connectivity index (χ0n) is 14.6. The lowest BCUT2D eigenvalue weighted by atomic mass is 9.98. The van der Waals surface area contributed by atoms with Gasteiger partial charge >= 0.3 is 0 Å². The molecule has 3 heterocycles. The van der Waals surface area contributed by atoms with E-state index in [4.69, 9.17) is 9.97 Å². The first-order chi connectivity index (χ1) is 12.7. The summed E-state index contributed by atoms with van der Waals surface area (Å²) in [5.74, 6) is 1.58. The van der Waals surface area contributed by atoms with Crippen LogP contribution in [0.5, 0.6) is 0 Å². The maximum Gasteiger partial charge on any atom is 0.135 e. The number of aromatic nitrogens is 2. The summed E-state index contributed by atoms with van der Waals surface area (Å²) in [6.45, 7) is 4.03. The number of piperidine rings is 1. The molecular formula is C20H21FN4S. The zero-order valence-corrected chi connectivity index (χ0v) is 15.4. The molecule has 6 heteroatoms. The van der Waals surface area contributed by atoms with Crippen LogP contribution < -0.4 is 10.6 Å². The van der Waals surface area contributed by atoms with Crippen molar-refractivity contribution in [1.29, 1.82) is 0 Å². The van der Waals surface area contributed by atoms with Crippen molar-refractivity contribution in [1.82, 2.24) is 15.3 Å². The molecule has 4 nitrogen and oxygen atoms in total. The Kier molecular flexibility index (Phi) is 4.95. The molecule has 1 saturated heterocycles. The van der Waals surface area contributed by atoms with Crippen LogP contribution in [0, 0.1) is 12.7 Å². The van der Waals surface area contributed by atoms with E-state index in [0.717, 1.165) is 42.3 Å². The van der Waals surface area contributed by atoms with Crippen molar-refractivity contribution < 1.29 is 4.39 Å². The fourth-order valence-electron chi connectivity index (χ4n) is 3.19. The van der Waals surface area contributed by atoms with Gasteiger partial charge in [0, 0.05) is 24.2 Å². The largest absolute Gasteiger partial charge is 0.340 e. The highest BCUT2D eigenvalue weighted by molar-refractivity contribution is 7.13. The third-order valence-corrected chi connectivity index (χ3v) is 5.56. The molecule has 0 radical (unpaired) electrons. The third kappa shape index (κ3) is 3.92. The van der Waals surface area contributed by atoms with Crippen LogP contribution in [0.1, 0.15) is 30.1 Å². The van der Waals surface area contributed by atoms with Gasteiger partial charge in [-0.05, 0) is 61.5 Å². The van der Waals surface area contributed by atoms with Crippen LogP contribution >= 0.6 is 11.3 Å². The molecular weight excluding hydrogens is 347 g/mol. The van der Waals surface area contributed by atoms with E-state index in [9.17, 15) is 4.39 Å². The molecule has 3 aromatic rings. The Balaban J connectivity index is 1.71. The Morgan fingerprint density at radius 1 is 1.23 bits per heavy atom. The highest BCUT2D eigenvalue weighted by atomic mass is 32.1. The van der Waals surface area contributed by atoms with E-state index in [1.54, 1.807) is 17.4 Å². The molecule has 1 fully saturated rings. The minimum atomic E-state index is -0.269. The van der Waals surface area contributed by atoms with Gasteiger partial charge < -0.3 is 10.6 Å². The second-order valence-corrected chi connectivity index (χ2v) is 7.57. The summed E-state index contributed by atoms with van der Waals surface area (Å²) in [6.07, 6.45) is 2.21. The first kappa shape index (κ1) is 17.1. The van der Waals surface area contributed by atoms with Gasteiger partial charge in [-0.15, -0.1) is 11.3 Å². The average Bonchev–Trinajstić information content (AvgIpc) is 3.09. The first-order valence-corrected chi connectivity index (χ1v) is 9.73. The fourth-order valence-corrected chi connectivity index (χ4v) is 4.05. The molecule has 0 aliphatic carbocycles. The van der Waals surface area contributed by atoms with E-state index in [0.29, 0.717) is 17.4 Å². The second-order valence-electron chi connectivity index (χ2n) is 6.66. The Hall–Kier alpha value is -2.31. The molecule has 0 saturated carbocycles. The average molecular weight is 368 g/mol. The Bertz CT molecular complexity index is 902. The Labute approximate surface area is 156 Å². The topological polar surface area (TPSA) is 49.8 Å². The van der Waals surface area contributed by atoms with E-state index in [1.807, 2.05) is 12.1 Å². The quantitative estimate of drug-likeness (QED) is 0.690. The van der Waals surface area contributed by atoms with Crippen molar-refractivity contribution in [3.05, 3.63) is 59.0 Å². The van der Waals surface area contributed by atoms with Gasteiger partial charge in [-0.1, -0.05) is 6.07 Å². The summed E-state index contributed by atoms with van der Waals surface area (Å²) in [6, 6.07) is 10.5. The maximum absolute atomic E-state index is 13.5. The van der Waals surface area contributed by atoms with Gasteiger partial charge in [0.05, 0.1) is 10.6 Å². The molecule has 0 bridgehead atoms. The lowest BCUT2D eigenvalue weighted by molar-refractivity contribution is 0.447. The van der Waals surface area contributed by atoms with Crippen LogP contribution in [0.3, 0.4) is 0 Å². The highest BCUT2D eigenvalue weighted by Crippen LogP contribution is 2.30. The molecule has 1 unspecified atom stereocenters. The molecule has 134 valence electrons. The van der Waals surface area contributed by atoms with Gasteiger partial charge in [0.1, 0.15) is 17.5 Å². The summed E-state index contributed by atoms with van der Waals surface area (Å²) in [5, 5.41) is 8.78. The number of rotatable bonds is 4. The fraction of sp³-hybridized carbons (Fsp3) is 0.300. The smallest absolute Gasteiger partial charge is 0.135 e. The van der Waals surface area contributed by atoms with Crippen molar-refractivity contribution in [3.8, 4) is 10.6 Å². The van der Waals surface area contributed by atoms with Crippen molar-refractivity contribution in [2.75, 3.05) is 18.4 Å². The number of aryl methyl sites for hydroxylation is 1.